The summed E-state index contributed by atoms with van der Waals surface area (Å²) < 4.78 is 19.1. The second-order valence-corrected chi connectivity index (χ2v) is 7.11. The minimum absolute atomic E-state index is 0. The van der Waals surface area contributed by atoms with Gasteiger partial charge in [0.1, 0.15) is 0 Å². The van der Waals surface area contributed by atoms with E-state index in [1.54, 1.807) is 17.4 Å². The van der Waals surface area contributed by atoms with Gasteiger partial charge in [0.05, 0.1) is 23.9 Å². The predicted octanol–water partition coefficient (Wildman–Crippen LogP) is 4.21. The smallest absolute Gasteiger partial charge is 0.191 e. The molecule has 8 heteroatoms. The average molecular weight is 506 g/mol. The lowest BCUT2D eigenvalue weighted by Crippen LogP contribution is -2.38. The van der Waals surface area contributed by atoms with Crippen molar-refractivity contribution in [1.29, 1.82) is 0 Å². The van der Waals surface area contributed by atoms with Gasteiger partial charge in [0.15, 0.2) is 17.5 Å². The molecule has 1 heterocycles. The Bertz CT molecular complexity index is 732. The SMILES string of the molecule is CCNC(=NCc1ccc(OCC)c(F)c1)NCCc1nc(C)c(C)s1.I. The third-order valence-electron chi connectivity index (χ3n) is 3.76. The van der Waals surface area contributed by atoms with E-state index in [-0.39, 0.29) is 35.5 Å². The summed E-state index contributed by atoms with van der Waals surface area (Å²) in [5, 5.41) is 7.63. The normalized spacial score (nSPS) is 11.1. The number of aliphatic imine (C=N–C) groups is 1. The first-order chi connectivity index (χ1) is 12.5. The number of halogens is 2. The van der Waals surface area contributed by atoms with Crippen molar-refractivity contribution < 1.29 is 9.13 Å². The summed E-state index contributed by atoms with van der Waals surface area (Å²) in [6.45, 7) is 10.3. The molecule has 0 unspecified atom stereocenters. The van der Waals surface area contributed by atoms with Gasteiger partial charge in [-0.3, -0.25) is 0 Å². The largest absolute Gasteiger partial charge is 0.491 e. The molecule has 0 saturated carbocycles. The van der Waals surface area contributed by atoms with Crippen LogP contribution >= 0.6 is 35.3 Å². The highest BCUT2D eigenvalue weighted by molar-refractivity contribution is 14.0. The van der Waals surface area contributed by atoms with Gasteiger partial charge in [-0.05, 0) is 45.4 Å². The number of hydrogen-bond donors (Lipinski definition) is 2. The fourth-order valence-electron chi connectivity index (χ4n) is 2.36. The molecule has 0 spiro atoms. The van der Waals surface area contributed by atoms with Gasteiger partial charge < -0.3 is 15.4 Å². The maximum atomic E-state index is 13.9. The third kappa shape index (κ3) is 7.61. The standard InChI is InChI=1S/C19H27FN4OS.HI/c1-5-21-19(22-10-9-18-24-13(3)14(4)26-18)23-12-15-7-8-17(25-6-2)16(20)11-15;/h7-8,11H,5-6,9-10,12H2,1-4H3,(H2,21,22,23);1H. The Kier molecular flexibility index (Phi) is 10.6. The highest BCUT2D eigenvalue weighted by Crippen LogP contribution is 2.19. The lowest BCUT2D eigenvalue weighted by molar-refractivity contribution is 0.321. The van der Waals surface area contributed by atoms with Crippen molar-refractivity contribution in [2.24, 2.45) is 4.99 Å². The molecule has 0 aliphatic heterocycles. The van der Waals surface area contributed by atoms with Gasteiger partial charge in [-0.25, -0.2) is 14.4 Å². The molecule has 1 aromatic carbocycles. The molecule has 0 bridgehead atoms. The molecule has 5 nitrogen and oxygen atoms in total. The van der Waals surface area contributed by atoms with E-state index in [1.807, 2.05) is 26.8 Å². The van der Waals surface area contributed by atoms with Gasteiger partial charge in [0.25, 0.3) is 0 Å². The van der Waals surface area contributed by atoms with Gasteiger partial charge in [-0.2, -0.15) is 0 Å². The van der Waals surface area contributed by atoms with E-state index in [4.69, 9.17) is 4.74 Å². The molecule has 0 radical (unpaired) electrons. The molecule has 2 N–H and O–H groups in total. The molecule has 0 amide bonds. The molecule has 0 aliphatic carbocycles. The van der Waals surface area contributed by atoms with E-state index >= 15 is 0 Å². The lowest BCUT2D eigenvalue weighted by atomic mass is 10.2. The van der Waals surface area contributed by atoms with Crippen LogP contribution in [0.3, 0.4) is 0 Å². The zero-order valence-electron chi connectivity index (χ0n) is 16.3. The van der Waals surface area contributed by atoms with Crippen LogP contribution in [-0.4, -0.2) is 30.6 Å². The summed E-state index contributed by atoms with van der Waals surface area (Å²) in [5.74, 6) is 0.637. The van der Waals surface area contributed by atoms with Crippen LogP contribution < -0.4 is 15.4 Å². The Balaban J connectivity index is 0.00000364. The Hall–Kier alpha value is -1.42. The summed E-state index contributed by atoms with van der Waals surface area (Å²) in [7, 11) is 0. The highest BCUT2D eigenvalue weighted by Gasteiger charge is 2.06. The number of benzene rings is 1. The highest BCUT2D eigenvalue weighted by atomic mass is 127. The first kappa shape index (κ1) is 23.6. The number of ether oxygens (including phenoxy) is 1. The zero-order chi connectivity index (χ0) is 18.9. The number of guanidine groups is 1. The number of aryl methyl sites for hydroxylation is 2. The molecule has 2 rings (SSSR count). The first-order valence-corrected chi connectivity index (χ1v) is 9.71. The summed E-state index contributed by atoms with van der Waals surface area (Å²) in [6, 6.07) is 4.96. The van der Waals surface area contributed by atoms with Crippen LogP contribution in [0.15, 0.2) is 23.2 Å². The lowest BCUT2D eigenvalue weighted by Gasteiger charge is -2.11. The number of hydrogen-bond acceptors (Lipinski definition) is 4. The minimum Gasteiger partial charge on any atom is -0.491 e. The average Bonchev–Trinajstić information content (AvgIpc) is 2.93. The van der Waals surface area contributed by atoms with Gasteiger partial charge >= 0.3 is 0 Å². The van der Waals surface area contributed by atoms with Gasteiger partial charge in [-0.15, -0.1) is 35.3 Å². The third-order valence-corrected chi connectivity index (χ3v) is 4.90. The fourth-order valence-corrected chi connectivity index (χ4v) is 3.29. The molecule has 150 valence electrons. The number of thiazole rings is 1. The maximum Gasteiger partial charge on any atom is 0.191 e. The Morgan fingerprint density at radius 2 is 2.04 bits per heavy atom. The van der Waals surface area contributed by atoms with Gasteiger partial charge in [-0.1, -0.05) is 6.07 Å². The molecule has 2 aromatic rings. The second kappa shape index (κ2) is 12.1. The molecule has 27 heavy (non-hydrogen) atoms. The summed E-state index contributed by atoms with van der Waals surface area (Å²) in [6.07, 6.45) is 0.849. The van der Waals surface area contributed by atoms with Crippen molar-refractivity contribution in [3.8, 4) is 5.75 Å². The molecule has 0 saturated heterocycles. The van der Waals surface area contributed by atoms with Crippen molar-refractivity contribution in [2.75, 3.05) is 19.7 Å². The molecule has 0 aliphatic rings. The monoisotopic (exact) mass is 506 g/mol. The summed E-state index contributed by atoms with van der Waals surface area (Å²) >= 11 is 1.73. The fraction of sp³-hybridized carbons (Fsp3) is 0.474. The van der Waals surface area contributed by atoms with Crippen LogP contribution in [0, 0.1) is 19.7 Å². The zero-order valence-corrected chi connectivity index (χ0v) is 19.4. The van der Waals surface area contributed by atoms with Crippen molar-refractivity contribution in [1.82, 2.24) is 15.6 Å². The van der Waals surface area contributed by atoms with Crippen LogP contribution in [0.4, 0.5) is 4.39 Å². The first-order valence-electron chi connectivity index (χ1n) is 8.89. The van der Waals surface area contributed by atoms with Gasteiger partial charge in [0.2, 0.25) is 0 Å². The molecule has 1 aromatic heterocycles. The van der Waals surface area contributed by atoms with Crippen LogP contribution in [-0.2, 0) is 13.0 Å². The van der Waals surface area contributed by atoms with Crippen LogP contribution in [0.1, 0.15) is 35.0 Å². The number of nitrogens with zero attached hydrogens (tertiary/aromatic N) is 2. The summed E-state index contributed by atoms with van der Waals surface area (Å²) in [4.78, 5) is 10.3. The second-order valence-electron chi connectivity index (χ2n) is 5.82. The van der Waals surface area contributed by atoms with Crippen molar-refractivity contribution in [3.05, 3.63) is 45.2 Å². The van der Waals surface area contributed by atoms with Crippen molar-refractivity contribution in [2.45, 2.75) is 40.7 Å². The van der Waals surface area contributed by atoms with Crippen LogP contribution in [0.25, 0.3) is 0 Å². The van der Waals surface area contributed by atoms with E-state index in [1.165, 1.54) is 10.9 Å². The topological polar surface area (TPSA) is 58.5 Å². The van der Waals surface area contributed by atoms with Crippen LogP contribution in [0.5, 0.6) is 5.75 Å². The number of nitrogens with one attached hydrogen (secondary N) is 2. The Morgan fingerprint density at radius 1 is 1.26 bits per heavy atom. The summed E-state index contributed by atoms with van der Waals surface area (Å²) in [5.41, 5.74) is 1.90. The maximum absolute atomic E-state index is 13.9. The van der Waals surface area contributed by atoms with Crippen molar-refractivity contribution in [3.63, 3.8) is 0 Å². The predicted molar refractivity (Wildman–Crippen MR) is 121 cm³/mol. The molecule has 0 atom stereocenters. The van der Waals surface area contributed by atoms with E-state index in [0.717, 1.165) is 35.8 Å². The van der Waals surface area contributed by atoms with E-state index in [0.29, 0.717) is 19.1 Å². The number of aromatic nitrogens is 1. The van der Waals surface area contributed by atoms with E-state index in [2.05, 4.69) is 27.5 Å². The Labute approximate surface area is 181 Å². The van der Waals surface area contributed by atoms with Gasteiger partial charge in [0, 0.05) is 24.4 Å². The van der Waals surface area contributed by atoms with Crippen LogP contribution in [0.2, 0.25) is 0 Å². The van der Waals surface area contributed by atoms with E-state index < -0.39 is 0 Å². The molecular weight excluding hydrogens is 478 g/mol. The molecular formula is C19H28FIN4OS. The van der Waals surface area contributed by atoms with Crippen molar-refractivity contribution >= 4 is 41.3 Å². The number of rotatable bonds is 8. The minimum atomic E-state index is -0.355. The van der Waals surface area contributed by atoms with E-state index in [9.17, 15) is 4.39 Å². The molecule has 0 fully saturated rings. The quantitative estimate of drug-likeness (QED) is 0.320. The Morgan fingerprint density at radius 3 is 2.63 bits per heavy atom.